The molecule has 2 atom stereocenters. The summed E-state index contributed by atoms with van der Waals surface area (Å²) in [6, 6.07) is 25.3. The lowest BCUT2D eigenvalue weighted by Crippen LogP contribution is -2.43. The fourth-order valence-corrected chi connectivity index (χ4v) is 4.26. The van der Waals surface area contributed by atoms with Crippen LogP contribution >= 0.6 is 0 Å². The fourth-order valence-electron chi connectivity index (χ4n) is 4.26. The van der Waals surface area contributed by atoms with Crippen molar-refractivity contribution in [3.8, 4) is 11.5 Å². The first-order valence-electron chi connectivity index (χ1n) is 11.1. The number of para-hydroxylation sites is 1. The Hall–Kier alpha value is -3.50. The van der Waals surface area contributed by atoms with E-state index in [0.717, 1.165) is 33.9 Å². The standard InChI is InChI=1S/C28H28N2O2/c1-4-17-31-23-15-13-21(14-16-23)25-18-26-24-7-5-6-8-27(24)32-28(30(26)29-25)22-11-9-20(10-12-22)19(2)3/h4-16,18-19,26,28-29H,1,17H2,2-3H3/t26-,28+/m0/s1. The first-order chi connectivity index (χ1) is 15.6. The highest BCUT2D eigenvalue weighted by molar-refractivity contribution is 5.68. The highest BCUT2D eigenvalue weighted by atomic mass is 16.5. The second kappa shape index (κ2) is 8.56. The Bertz CT molecular complexity index is 1130. The molecule has 0 bridgehead atoms. The molecule has 0 saturated carbocycles. The summed E-state index contributed by atoms with van der Waals surface area (Å²) in [5.74, 6) is 2.27. The Labute approximate surface area is 189 Å². The van der Waals surface area contributed by atoms with Crippen molar-refractivity contribution in [3.63, 3.8) is 0 Å². The lowest BCUT2D eigenvalue weighted by Gasteiger charge is -2.39. The molecular formula is C28H28N2O2. The van der Waals surface area contributed by atoms with Crippen LogP contribution in [0.1, 0.15) is 54.3 Å². The summed E-state index contributed by atoms with van der Waals surface area (Å²) in [6.45, 7) is 8.63. The summed E-state index contributed by atoms with van der Waals surface area (Å²) in [4.78, 5) is 0. The van der Waals surface area contributed by atoms with Gasteiger partial charge < -0.3 is 14.9 Å². The van der Waals surface area contributed by atoms with Gasteiger partial charge in [-0.15, -0.1) is 0 Å². The molecule has 5 rings (SSSR count). The van der Waals surface area contributed by atoms with Gasteiger partial charge >= 0.3 is 0 Å². The molecule has 0 spiro atoms. The number of rotatable bonds is 6. The van der Waals surface area contributed by atoms with Gasteiger partial charge in [0.05, 0.1) is 11.7 Å². The van der Waals surface area contributed by atoms with Crippen molar-refractivity contribution in [2.75, 3.05) is 6.61 Å². The molecule has 0 aromatic heterocycles. The number of hydrazine groups is 1. The predicted octanol–water partition coefficient (Wildman–Crippen LogP) is 6.37. The van der Waals surface area contributed by atoms with Crippen LogP contribution in [0.5, 0.6) is 11.5 Å². The highest BCUT2D eigenvalue weighted by Crippen LogP contribution is 2.45. The number of fused-ring (bicyclic) bond motifs is 3. The van der Waals surface area contributed by atoms with E-state index in [0.29, 0.717) is 12.5 Å². The summed E-state index contributed by atoms with van der Waals surface area (Å²) in [6.07, 6.45) is 3.80. The molecule has 2 aliphatic heterocycles. The maximum atomic E-state index is 6.48. The van der Waals surface area contributed by atoms with Crippen LogP contribution in [0.2, 0.25) is 0 Å². The third-order valence-corrected chi connectivity index (χ3v) is 6.02. The molecule has 162 valence electrons. The number of benzene rings is 3. The van der Waals surface area contributed by atoms with Crippen LogP contribution in [-0.4, -0.2) is 11.6 Å². The first-order valence-corrected chi connectivity index (χ1v) is 11.1. The van der Waals surface area contributed by atoms with E-state index >= 15 is 0 Å². The molecule has 2 aliphatic rings. The maximum absolute atomic E-state index is 6.48. The van der Waals surface area contributed by atoms with Gasteiger partial charge in [-0.3, -0.25) is 0 Å². The van der Waals surface area contributed by atoms with E-state index in [1.54, 1.807) is 6.08 Å². The van der Waals surface area contributed by atoms with E-state index < -0.39 is 0 Å². The van der Waals surface area contributed by atoms with Crippen molar-refractivity contribution in [2.45, 2.75) is 32.0 Å². The summed E-state index contributed by atoms with van der Waals surface area (Å²) < 4.78 is 12.1. The monoisotopic (exact) mass is 424 g/mol. The lowest BCUT2D eigenvalue weighted by molar-refractivity contribution is -0.0326. The predicted molar refractivity (Wildman–Crippen MR) is 128 cm³/mol. The minimum Gasteiger partial charge on any atom is -0.490 e. The molecule has 3 aromatic carbocycles. The summed E-state index contributed by atoms with van der Waals surface area (Å²) in [5, 5.41) is 2.20. The van der Waals surface area contributed by atoms with Gasteiger partial charge in [0, 0.05) is 11.1 Å². The molecule has 0 unspecified atom stereocenters. The first kappa shape index (κ1) is 20.4. The average Bonchev–Trinajstić information content (AvgIpc) is 3.28. The molecule has 4 heteroatoms. The van der Waals surface area contributed by atoms with Gasteiger partial charge in [0.2, 0.25) is 0 Å². The molecule has 0 fully saturated rings. The molecule has 1 N–H and O–H groups in total. The summed E-state index contributed by atoms with van der Waals surface area (Å²) in [5.41, 5.74) is 9.40. The summed E-state index contributed by atoms with van der Waals surface area (Å²) >= 11 is 0. The third-order valence-electron chi connectivity index (χ3n) is 6.02. The molecular weight excluding hydrogens is 396 g/mol. The Morgan fingerprint density at radius 3 is 2.50 bits per heavy atom. The van der Waals surface area contributed by atoms with Gasteiger partial charge in [0.1, 0.15) is 18.1 Å². The van der Waals surface area contributed by atoms with E-state index in [4.69, 9.17) is 9.47 Å². The van der Waals surface area contributed by atoms with Crippen LogP contribution in [0.15, 0.2) is 91.5 Å². The zero-order valence-electron chi connectivity index (χ0n) is 18.5. The fraction of sp³-hybridized carbons (Fsp3) is 0.214. The number of nitrogens with one attached hydrogen (secondary N) is 1. The SMILES string of the molecule is C=CCOc1ccc(C2=C[C@H]3c4ccccc4O[C@H](c4ccc(C(C)C)cc4)N3N2)cc1. The van der Waals surface area contributed by atoms with Crippen molar-refractivity contribution in [2.24, 2.45) is 0 Å². The van der Waals surface area contributed by atoms with Gasteiger partial charge in [-0.05, 0) is 53.5 Å². The summed E-state index contributed by atoms with van der Waals surface area (Å²) in [7, 11) is 0. The Morgan fingerprint density at radius 2 is 1.78 bits per heavy atom. The normalized spacial score (nSPS) is 19.4. The number of hydrogen-bond donors (Lipinski definition) is 1. The van der Waals surface area contributed by atoms with Crippen molar-refractivity contribution >= 4 is 5.70 Å². The number of ether oxygens (including phenoxy) is 2. The Morgan fingerprint density at radius 1 is 1.03 bits per heavy atom. The second-order valence-electron chi connectivity index (χ2n) is 8.50. The van der Waals surface area contributed by atoms with Gasteiger partial charge in [-0.25, -0.2) is 0 Å². The Kier molecular flexibility index (Phi) is 5.46. The molecule has 3 aromatic rings. The van der Waals surface area contributed by atoms with Gasteiger partial charge in [0.15, 0.2) is 6.23 Å². The number of hydrogen-bond acceptors (Lipinski definition) is 4. The molecule has 2 heterocycles. The van der Waals surface area contributed by atoms with Crippen molar-refractivity contribution in [3.05, 3.63) is 114 Å². The van der Waals surface area contributed by atoms with Crippen LogP contribution < -0.4 is 14.9 Å². The largest absolute Gasteiger partial charge is 0.490 e. The van der Waals surface area contributed by atoms with E-state index in [9.17, 15) is 0 Å². The van der Waals surface area contributed by atoms with Gasteiger partial charge in [0.25, 0.3) is 0 Å². The lowest BCUT2D eigenvalue weighted by atomic mass is 9.99. The average molecular weight is 425 g/mol. The van der Waals surface area contributed by atoms with Crippen LogP contribution in [0.3, 0.4) is 0 Å². The maximum Gasteiger partial charge on any atom is 0.195 e. The zero-order chi connectivity index (χ0) is 22.1. The van der Waals surface area contributed by atoms with E-state index in [2.05, 4.69) is 91.5 Å². The third kappa shape index (κ3) is 3.78. The molecule has 32 heavy (non-hydrogen) atoms. The Balaban J connectivity index is 1.46. The topological polar surface area (TPSA) is 33.7 Å². The molecule has 0 saturated heterocycles. The van der Waals surface area contributed by atoms with Crippen LogP contribution in [0.25, 0.3) is 5.70 Å². The van der Waals surface area contributed by atoms with Crippen LogP contribution in [0, 0.1) is 0 Å². The molecule has 4 nitrogen and oxygen atoms in total. The van der Waals surface area contributed by atoms with E-state index in [-0.39, 0.29) is 12.3 Å². The van der Waals surface area contributed by atoms with Crippen LogP contribution in [-0.2, 0) is 0 Å². The van der Waals surface area contributed by atoms with Crippen LogP contribution in [0.4, 0.5) is 0 Å². The van der Waals surface area contributed by atoms with E-state index in [1.807, 2.05) is 18.2 Å². The quantitative estimate of drug-likeness (QED) is 0.466. The molecule has 0 aliphatic carbocycles. The van der Waals surface area contributed by atoms with Crippen molar-refractivity contribution in [1.29, 1.82) is 0 Å². The molecule has 0 amide bonds. The van der Waals surface area contributed by atoms with Crippen molar-refractivity contribution < 1.29 is 9.47 Å². The minimum atomic E-state index is -0.222. The zero-order valence-corrected chi connectivity index (χ0v) is 18.5. The highest BCUT2D eigenvalue weighted by Gasteiger charge is 2.40. The van der Waals surface area contributed by atoms with E-state index in [1.165, 1.54) is 5.56 Å². The van der Waals surface area contributed by atoms with Crippen molar-refractivity contribution in [1.82, 2.24) is 10.4 Å². The minimum absolute atomic E-state index is 0.0846. The smallest absolute Gasteiger partial charge is 0.195 e. The van der Waals surface area contributed by atoms with Gasteiger partial charge in [-0.1, -0.05) is 69.0 Å². The molecule has 0 radical (unpaired) electrons. The van der Waals surface area contributed by atoms with Gasteiger partial charge in [-0.2, -0.15) is 5.01 Å². The second-order valence-corrected chi connectivity index (χ2v) is 8.50. The number of nitrogens with zero attached hydrogens (tertiary/aromatic N) is 1.